The van der Waals surface area contributed by atoms with Crippen molar-refractivity contribution in [2.45, 2.75) is 13.3 Å². The van der Waals surface area contributed by atoms with Crippen LogP contribution < -0.4 is 0 Å². The molecule has 1 heterocycles. The SMILES string of the molecule is CC/C(=C/c1ccc(Br)cn1)CO. The highest BCUT2D eigenvalue weighted by atomic mass is 79.9. The largest absolute Gasteiger partial charge is 0.392 e. The van der Waals surface area contributed by atoms with E-state index in [0.29, 0.717) is 0 Å². The van der Waals surface area contributed by atoms with Crippen molar-refractivity contribution in [3.63, 3.8) is 0 Å². The van der Waals surface area contributed by atoms with E-state index in [-0.39, 0.29) is 6.61 Å². The second kappa shape index (κ2) is 5.14. The van der Waals surface area contributed by atoms with Crippen molar-refractivity contribution in [1.82, 2.24) is 4.98 Å². The molecule has 0 atom stereocenters. The fraction of sp³-hybridized carbons (Fsp3) is 0.300. The fourth-order valence-corrected chi connectivity index (χ4v) is 1.18. The molecule has 0 saturated carbocycles. The average molecular weight is 242 g/mol. The van der Waals surface area contributed by atoms with Crippen LogP contribution >= 0.6 is 15.9 Å². The maximum Gasteiger partial charge on any atom is 0.0645 e. The number of rotatable bonds is 3. The Hall–Kier alpha value is -0.670. The van der Waals surface area contributed by atoms with E-state index in [4.69, 9.17) is 5.11 Å². The minimum Gasteiger partial charge on any atom is -0.392 e. The molecule has 1 aromatic heterocycles. The third-order valence-corrected chi connectivity index (χ3v) is 2.23. The summed E-state index contributed by atoms with van der Waals surface area (Å²) in [6.45, 7) is 2.12. The molecule has 0 saturated heterocycles. The van der Waals surface area contributed by atoms with Crippen LogP contribution in [0.5, 0.6) is 0 Å². The van der Waals surface area contributed by atoms with Crippen molar-refractivity contribution in [3.05, 3.63) is 34.1 Å². The first-order valence-electron chi connectivity index (χ1n) is 4.18. The normalized spacial score (nSPS) is 11.8. The first kappa shape index (κ1) is 10.4. The molecule has 1 N–H and O–H groups in total. The molecule has 0 spiro atoms. The Morgan fingerprint density at radius 1 is 1.62 bits per heavy atom. The van der Waals surface area contributed by atoms with Crippen molar-refractivity contribution in [3.8, 4) is 0 Å². The first-order valence-corrected chi connectivity index (χ1v) is 4.97. The highest BCUT2D eigenvalue weighted by Gasteiger charge is 1.94. The van der Waals surface area contributed by atoms with Crippen LogP contribution in [0.3, 0.4) is 0 Å². The van der Waals surface area contributed by atoms with Crippen molar-refractivity contribution in [1.29, 1.82) is 0 Å². The molecule has 0 aromatic carbocycles. The maximum atomic E-state index is 8.94. The Labute approximate surface area is 86.4 Å². The van der Waals surface area contributed by atoms with Gasteiger partial charge in [0.25, 0.3) is 0 Å². The molecule has 1 rings (SSSR count). The fourth-order valence-electron chi connectivity index (χ4n) is 0.941. The summed E-state index contributed by atoms with van der Waals surface area (Å²) in [7, 11) is 0. The summed E-state index contributed by atoms with van der Waals surface area (Å²) in [4.78, 5) is 4.18. The van der Waals surface area contributed by atoms with Gasteiger partial charge in [0.1, 0.15) is 0 Å². The number of aliphatic hydroxyl groups excluding tert-OH is 1. The van der Waals surface area contributed by atoms with Gasteiger partial charge in [-0.3, -0.25) is 4.98 Å². The van der Waals surface area contributed by atoms with Crippen LogP contribution in [-0.2, 0) is 0 Å². The Kier molecular flexibility index (Phi) is 4.12. The molecule has 0 unspecified atom stereocenters. The van der Waals surface area contributed by atoms with E-state index >= 15 is 0 Å². The number of hydrogen-bond donors (Lipinski definition) is 1. The van der Waals surface area contributed by atoms with Gasteiger partial charge in [0.2, 0.25) is 0 Å². The molecule has 0 bridgehead atoms. The Morgan fingerprint density at radius 3 is 2.85 bits per heavy atom. The van der Waals surface area contributed by atoms with Gasteiger partial charge in [-0.15, -0.1) is 0 Å². The molecule has 3 heteroatoms. The van der Waals surface area contributed by atoms with Gasteiger partial charge in [0, 0.05) is 10.7 Å². The maximum absolute atomic E-state index is 8.94. The summed E-state index contributed by atoms with van der Waals surface area (Å²) in [5.41, 5.74) is 1.88. The lowest BCUT2D eigenvalue weighted by Crippen LogP contribution is -1.89. The summed E-state index contributed by atoms with van der Waals surface area (Å²) in [5, 5.41) is 8.94. The van der Waals surface area contributed by atoms with E-state index in [2.05, 4.69) is 20.9 Å². The van der Waals surface area contributed by atoms with Gasteiger partial charge >= 0.3 is 0 Å². The molecular formula is C10H12BrNO. The molecule has 2 nitrogen and oxygen atoms in total. The number of hydrogen-bond acceptors (Lipinski definition) is 2. The average Bonchev–Trinajstić information content (AvgIpc) is 2.17. The molecular weight excluding hydrogens is 230 g/mol. The second-order valence-electron chi connectivity index (χ2n) is 2.72. The van der Waals surface area contributed by atoms with Gasteiger partial charge in [-0.05, 0) is 46.1 Å². The standard InChI is InChI=1S/C10H12BrNO/c1-2-8(7-13)5-10-4-3-9(11)6-12-10/h3-6,13H,2,7H2,1H3/b8-5-. The van der Waals surface area contributed by atoms with E-state index in [0.717, 1.165) is 22.2 Å². The topological polar surface area (TPSA) is 33.1 Å². The molecule has 1 aromatic rings. The van der Waals surface area contributed by atoms with Crippen molar-refractivity contribution < 1.29 is 5.11 Å². The Balaban J connectivity index is 2.84. The summed E-state index contributed by atoms with van der Waals surface area (Å²) in [6, 6.07) is 3.85. The molecule has 0 aliphatic heterocycles. The number of halogens is 1. The Morgan fingerprint density at radius 2 is 2.38 bits per heavy atom. The summed E-state index contributed by atoms with van der Waals surface area (Å²) >= 11 is 3.31. The molecule has 13 heavy (non-hydrogen) atoms. The van der Waals surface area contributed by atoms with Crippen LogP contribution in [-0.4, -0.2) is 16.7 Å². The van der Waals surface area contributed by atoms with Crippen LogP contribution in [0.2, 0.25) is 0 Å². The highest BCUT2D eigenvalue weighted by molar-refractivity contribution is 9.10. The number of aromatic nitrogens is 1. The number of nitrogens with zero attached hydrogens (tertiary/aromatic N) is 1. The molecule has 0 aliphatic rings. The van der Waals surface area contributed by atoms with Gasteiger partial charge in [0.05, 0.1) is 12.3 Å². The summed E-state index contributed by atoms with van der Waals surface area (Å²) in [5.74, 6) is 0. The third kappa shape index (κ3) is 3.28. The first-order chi connectivity index (χ1) is 6.26. The minimum atomic E-state index is 0.105. The van der Waals surface area contributed by atoms with E-state index in [9.17, 15) is 0 Å². The van der Waals surface area contributed by atoms with Crippen LogP contribution in [0.4, 0.5) is 0 Å². The van der Waals surface area contributed by atoms with Crippen LogP contribution in [0.1, 0.15) is 19.0 Å². The summed E-state index contributed by atoms with van der Waals surface area (Å²) in [6.07, 6.45) is 4.51. The van der Waals surface area contributed by atoms with Gasteiger partial charge in [0.15, 0.2) is 0 Å². The molecule has 0 aliphatic carbocycles. The molecule has 0 fully saturated rings. The van der Waals surface area contributed by atoms with Gasteiger partial charge in [-0.2, -0.15) is 0 Å². The van der Waals surface area contributed by atoms with Gasteiger partial charge in [-0.1, -0.05) is 6.92 Å². The quantitative estimate of drug-likeness (QED) is 0.883. The van der Waals surface area contributed by atoms with Gasteiger partial charge in [-0.25, -0.2) is 0 Å². The monoisotopic (exact) mass is 241 g/mol. The molecule has 70 valence electrons. The van der Waals surface area contributed by atoms with E-state index < -0.39 is 0 Å². The van der Waals surface area contributed by atoms with E-state index in [1.165, 1.54) is 0 Å². The zero-order valence-corrected chi connectivity index (χ0v) is 9.08. The number of aliphatic hydroxyl groups is 1. The zero-order chi connectivity index (χ0) is 9.68. The van der Waals surface area contributed by atoms with Crippen molar-refractivity contribution >= 4 is 22.0 Å². The van der Waals surface area contributed by atoms with Crippen molar-refractivity contribution in [2.24, 2.45) is 0 Å². The molecule has 0 radical (unpaired) electrons. The number of pyridine rings is 1. The van der Waals surface area contributed by atoms with Gasteiger partial charge < -0.3 is 5.11 Å². The van der Waals surface area contributed by atoms with E-state index in [1.807, 2.05) is 25.1 Å². The zero-order valence-electron chi connectivity index (χ0n) is 7.50. The predicted molar refractivity (Wildman–Crippen MR) is 57.3 cm³/mol. The highest BCUT2D eigenvalue weighted by Crippen LogP contribution is 2.11. The minimum absolute atomic E-state index is 0.105. The van der Waals surface area contributed by atoms with E-state index in [1.54, 1.807) is 6.20 Å². The second-order valence-corrected chi connectivity index (χ2v) is 3.63. The van der Waals surface area contributed by atoms with Crippen LogP contribution in [0, 0.1) is 0 Å². The third-order valence-electron chi connectivity index (χ3n) is 1.76. The summed E-state index contributed by atoms with van der Waals surface area (Å²) < 4.78 is 0.965. The van der Waals surface area contributed by atoms with Crippen LogP contribution in [0.25, 0.3) is 6.08 Å². The lowest BCUT2D eigenvalue weighted by Gasteiger charge is -1.99. The van der Waals surface area contributed by atoms with Crippen LogP contribution in [0.15, 0.2) is 28.4 Å². The predicted octanol–water partition coefficient (Wildman–Crippen LogP) is 2.63. The van der Waals surface area contributed by atoms with Crippen molar-refractivity contribution in [2.75, 3.05) is 6.61 Å². The lowest BCUT2D eigenvalue weighted by atomic mass is 10.2. The Bertz CT molecular complexity index is 286. The molecule has 0 amide bonds. The lowest BCUT2D eigenvalue weighted by molar-refractivity contribution is 0.329. The smallest absolute Gasteiger partial charge is 0.0645 e.